The Labute approximate surface area is 167 Å². The van der Waals surface area contributed by atoms with E-state index in [0.29, 0.717) is 24.9 Å². The normalized spacial score (nSPS) is 25.7. The molecule has 1 aromatic rings. The van der Waals surface area contributed by atoms with Crippen LogP contribution in [0.3, 0.4) is 0 Å². The molecular formula is C20H29ClN2O3S. The van der Waals surface area contributed by atoms with E-state index in [1.54, 1.807) is 13.8 Å². The Morgan fingerprint density at radius 3 is 2.52 bits per heavy atom. The average molecular weight is 413 g/mol. The van der Waals surface area contributed by atoms with Crippen LogP contribution in [0.25, 0.3) is 0 Å². The standard InChI is InChI=1S/C20H29ClN2O3S/c1-4-23(5-2)27(25,26)16-8-9-19(21)18(12-16)20(24)22-13(3)17-11-14-6-7-15(17)10-14/h8-9,12-15,17H,4-7,10-11H2,1-3H3,(H,22,24). The Morgan fingerprint density at radius 1 is 1.26 bits per heavy atom. The van der Waals surface area contributed by atoms with Crippen molar-refractivity contribution < 1.29 is 13.2 Å². The van der Waals surface area contributed by atoms with Crippen molar-refractivity contribution in [1.82, 2.24) is 9.62 Å². The van der Waals surface area contributed by atoms with Crippen LogP contribution >= 0.6 is 11.6 Å². The molecule has 1 aromatic carbocycles. The van der Waals surface area contributed by atoms with Gasteiger partial charge >= 0.3 is 0 Å². The van der Waals surface area contributed by atoms with Crippen molar-refractivity contribution in [2.75, 3.05) is 13.1 Å². The van der Waals surface area contributed by atoms with Gasteiger partial charge in [-0.3, -0.25) is 4.79 Å². The Balaban J connectivity index is 1.78. The van der Waals surface area contributed by atoms with Gasteiger partial charge in [0.25, 0.3) is 5.91 Å². The molecule has 5 nitrogen and oxygen atoms in total. The van der Waals surface area contributed by atoms with E-state index in [9.17, 15) is 13.2 Å². The second-order valence-corrected chi connectivity index (χ2v) is 10.2. The molecule has 0 spiro atoms. The van der Waals surface area contributed by atoms with Gasteiger partial charge in [0.1, 0.15) is 0 Å². The Hall–Kier alpha value is -1.11. The van der Waals surface area contributed by atoms with Gasteiger partial charge in [0.15, 0.2) is 0 Å². The molecular weight excluding hydrogens is 384 g/mol. The minimum atomic E-state index is -3.63. The van der Waals surface area contributed by atoms with E-state index in [-0.39, 0.29) is 27.4 Å². The van der Waals surface area contributed by atoms with Gasteiger partial charge in [0, 0.05) is 19.1 Å². The quantitative estimate of drug-likeness (QED) is 0.737. The van der Waals surface area contributed by atoms with E-state index < -0.39 is 10.0 Å². The molecule has 4 unspecified atom stereocenters. The van der Waals surface area contributed by atoms with Gasteiger partial charge < -0.3 is 5.32 Å². The summed E-state index contributed by atoms with van der Waals surface area (Å²) in [7, 11) is -3.63. The first kappa shape index (κ1) is 20.6. The summed E-state index contributed by atoms with van der Waals surface area (Å²) in [6, 6.07) is 4.42. The van der Waals surface area contributed by atoms with E-state index in [1.807, 2.05) is 6.92 Å². The lowest BCUT2D eigenvalue weighted by molar-refractivity contribution is 0.0915. The first-order valence-corrected chi connectivity index (χ1v) is 11.7. The fourth-order valence-corrected chi connectivity index (χ4v) is 6.54. The zero-order chi connectivity index (χ0) is 19.8. The van der Waals surface area contributed by atoms with E-state index in [0.717, 1.165) is 5.92 Å². The molecule has 2 aliphatic rings. The number of fused-ring (bicyclic) bond motifs is 2. The maximum atomic E-state index is 12.8. The highest BCUT2D eigenvalue weighted by Gasteiger charge is 2.42. The molecule has 0 radical (unpaired) electrons. The number of benzene rings is 1. The number of hydrogen-bond donors (Lipinski definition) is 1. The zero-order valence-corrected chi connectivity index (χ0v) is 17.8. The zero-order valence-electron chi connectivity index (χ0n) is 16.2. The van der Waals surface area contributed by atoms with E-state index >= 15 is 0 Å². The number of nitrogens with zero attached hydrogens (tertiary/aromatic N) is 1. The molecule has 2 aliphatic carbocycles. The van der Waals surface area contributed by atoms with Crippen LogP contribution in [0.15, 0.2) is 23.1 Å². The number of carbonyl (C=O) groups excluding carboxylic acids is 1. The van der Waals surface area contributed by atoms with Crippen molar-refractivity contribution in [3.05, 3.63) is 28.8 Å². The Kier molecular flexibility index (Phi) is 6.18. The third-order valence-electron chi connectivity index (χ3n) is 6.32. The molecule has 7 heteroatoms. The van der Waals surface area contributed by atoms with Crippen LogP contribution in [-0.4, -0.2) is 37.8 Å². The highest BCUT2D eigenvalue weighted by molar-refractivity contribution is 7.89. The lowest BCUT2D eigenvalue weighted by Crippen LogP contribution is -2.40. The van der Waals surface area contributed by atoms with Crippen molar-refractivity contribution in [3.8, 4) is 0 Å². The SMILES string of the molecule is CCN(CC)S(=O)(=O)c1ccc(Cl)c(C(=O)NC(C)C2CC3CCC2C3)c1. The predicted octanol–water partition coefficient (Wildman–Crippen LogP) is 3.93. The van der Waals surface area contributed by atoms with Gasteiger partial charge in [-0.25, -0.2) is 8.42 Å². The van der Waals surface area contributed by atoms with Gasteiger partial charge in [-0.2, -0.15) is 4.31 Å². The van der Waals surface area contributed by atoms with Crippen molar-refractivity contribution in [1.29, 1.82) is 0 Å². The fourth-order valence-electron chi connectivity index (χ4n) is 4.85. The molecule has 0 heterocycles. The average Bonchev–Trinajstić information content (AvgIpc) is 3.26. The second-order valence-electron chi connectivity index (χ2n) is 7.83. The molecule has 1 amide bonds. The molecule has 2 saturated carbocycles. The Bertz CT molecular complexity index is 807. The van der Waals surface area contributed by atoms with Crippen LogP contribution in [-0.2, 0) is 10.0 Å². The third kappa shape index (κ3) is 4.03. The minimum absolute atomic E-state index is 0.0620. The highest BCUT2D eigenvalue weighted by Crippen LogP contribution is 2.49. The number of halogens is 1. The summed E-state index contributed by atoms with van der Waals surface area (Å²) in [6.07, 6.45) is 5.03. The number of sulfonamides is 1. The first-order valence-electron chi connectivity index (χ1n) is 9.88. The third-order valence-corrected chi connectivity index (χ3v) is 8.69. The molecule has 2 fully saturated rings. The van der Waals surface area contributed by atoms with Gasteiger partial charge in [0.05, 0.1) is 15.5 Å². The number of rotatable bonds is 7. The van der Waals surface area contributed by atoms with Crippen LogP contribution in [0.4, 0.5) is 0 Å². The number of amides is 1. The van der Waals surface area contributed by atoms with Crippen LogP contribution < -0.4 is 5.32 Å². The topological polar surface area (TPSA) is 66.5 Å². The lowest BCUT2D eigenvalue weighted by Gasteiger charge is -2.28. The number of hydrogen-bond acceptors (Lipinski definition) is 3. The van der Waals surface area contributed by atoms with Crippen LogP contribution in [0.5, 0.6) is 0 Å². The lowest BCUT2D eigenvalue weighted by atomic mass is 9.84. The maximum Gasteiger partial charge on any atom is 0.253 e. The maximum absolute atomic E-state index is 12.8. The number of carbonyl (C=O) groups is 1. The fraction of sp³-hybridized carbons (Fsp3) is 0.650. The van der Waals surface area contributed by atoms with Crippen LogP contribution in [0, 0.1) is 17.8 Å². The molecule has 4 atom stereocenters. The summed E-state index contributed by atoms with van der Waals surface area (Å²) < 4.78 is 26.9. The summed E-state index contributed by atoms with van der Waals surface area (Å²) in [5, 5.41) is 3.34. The smallest absolute Gasteiger partial charge is 0.253 e. The monoisotopic (exact) mass is 412 g/mol. The Morgan fingerprint density at radius 2 is 1.96 bits per heavy atom. The molecule has 0 saturated heterocycles. The van der Waals surface area contributed by atoms with E-state index in [4.69, 9.17) is 11.6 Å². The number of nitrogens with one attached hydrogen (secondary N) is 1. The summed E-state index contributed by atoms with van der Waals surface area (Å²) in [6.45, 7) is 6.39. The van der Waals surface area contributed by atoms with Crippen molar-refractivity contribution in [2.24, 2.45) is 17.8 Å². The van der Waals surface area contributed by atoms with Gasteiger partial charge in [-0.15, -0.1) is 0 Å². The predicted molar refractivity (Wildman–Crippen MR) is 107 cm³/mol. The summed E-state index contributed by atoms with van der Waals surface area (Å²) in [5.74, 6) is 1.72. The molecule has 2 bridgehead atoms. The summed E-state index contributed by atoms with van der Waals surface area (Å²) in [4.78, 5) is 12.9. The van der Waals surface area contributed by atoms with Gasteiger partial charge in [-0.05, 0) is 62.1 Å². The van der Waals surface area contributed by atoms with Crippen molar-refractivity contribution >= 4 is 27.5 Å². The van der Waals surface area contributed by atoms with Crippen molar-refractivity contribution in [3.63, 3.8) is 0 Å². The van der Waals surface area contributed by atoms with Gasteiger partial charge in [-0.1, -0.05) is 31.9 Å². The van der Waals surface area contributed by atoms with Gasteiger partial charge in [0.2, 0.25) is 10.0 Å². The van der Waals surface area contributed by atoms with E-state index in [1.165, 1.54) is 48.2 Å². The largest absolute Gasteiger partial charge is 0.349 e. The first-order chi connectivity index (χ1) is 12.8. The molecule has 0 aromatic heterocycles. The van der Waals surface area contributed by atoms with Crippen LogP contribution in [0.1, 0.15) is 56.8 Å². The van der Waals surface area contributed by atoms with E-state index in [2.05, 4.69) is 5.32 Å². The molecule has 27 heavy (non-hydrogen) atoms. The summed E-state index contributed by atoms with van der Waals surface area (Å²) in [5.41, 5.74) is 0.222. The minimum Gasteiger partial charge on any atom is -0.349 e. The molecule has 150 valence electrons. The molecule has 3 rings (SSSR count). The highest BCUT2D eigenvalue weighted by atomic mass is 35.5. The van der Waals surface area contributed by atoms with Crippen LogP contribution in [0.2, 0.25) is 5.02 Å². The van der Waals surface area contributed by atoms with Crippen molar-refractivity contribution in [2.45, 2.75) is 57.4 Å². The molecule has 1 N–H and O–H groups in total. The molecule has 0 aliphatic heterocycles. The summed E-state index contributed by atoms with van der Waals surface area (Å²) >= 11 is 6.23. The second kappa shape index (κ2) is 8.10.